The molecule has 0 saturated carbocycles. The van der Waals surface area contributed by atoms with Crippen molar-refractivity contribution in [3.63, 3.8) is 0 Å². The van der Waals surface area contributed by atoms with Crippen LogP contribution in [-0.4, -0.2) is 61.1 Å². The maximum atomic E-state index is 14.4. The maximum absolute atomic E-state index is 14.4. The van der Waals surface area contributed by atoms with E-state index in [1.165, 1.54) is 17.3 Å². The van der Waals surface area contributed by atoms with E-state index in [1.807, 2.05) is 6.92 Å². The van der Waals surface area contributed by atoms with E-state index >= 15 is 0 Å². The van der Waals surface area contributed by atoms with Gasteiger partial charge in [-0.2, -0.15) is 15.5 Å². The third-order valence-corrected chi connectivity index (χ3v) is 5.87. The van der Waals surface area contributed by atoms with Gasteiger partial charge in [0.2, 0.25) is 0 Å². The van der Waals surface area contributed by atoms with Crippen molar-refractivity contribution in [3.05, 3.63) is 59.3 Å². The predicted molar refractivity (Wildman–Crippen MR) is 119 cm³/mol. The Balaban J connectivity index is 1.25. The molecule has 2 aliphatic rings. The van der Waals surface area contributed by atoms with Gasteiger partial charge in [0.15, 0.2) is 5.82 Å². The number of likely N-dealkylation sites (tertiary alicyclic amines) is 1. The number of carbonyl (C=O) groups is 1. The molecule has 0 spiro atoms. The fraction of sp³-hybridized carbons (Fsp3) is 0.304. The molecule has 0 aromatic carbocycles. The van der Waals surface area contributed by atoms with Crippen LogP contribution >= 0.6 is 0 Å². The summed E-state index contributed by atoms with van der Waals surface area (Å²) in [5.41, 5.74) is 3.43. The van der Waals surface area contributed by atoms with Gasteiger partial charge in [-0.05, 0) is 36.2 Å². The zero-order valence-corrected chi connectivity index (χ0v) is 18.6. The standard InChI is InChI=1S/C23H21FN8O2/c1-14-9-28-30(2)21(14)19-4-3-18(24)22(29-19)34-17-12-31(13-17)23(33)32-20(5-6-27-32)16-7-15(8-25)10-26-11-16/h3-4,6-7,9-11,17,20H,5,12-13H2,1-2H3/t20-/m0/s1. The van der Waals surface area contributed by atoms with E-state index in [1.54, 1.807) is 47.4 Å². The SMILES string of the molecule is Cc1cnn(C)c1-c1ccc(F)c(OC2CN(C(=O)N3N=CC[C@H]3c3cncc(C#N)c3)C2)n1. The number of carbonyl (C=O) groups excluding carboxylic acids is 1. The molecule has 3 aromatic heterocycles. The minimum Gasteiger partial charge on any atom is -0.468 e. The molecule has 2 amide bonds. The van der Waals surface area contributed by atoms with E-state index in [0.717, 1.165) is 16.8 Å². The van der Waals surface area contributed by atoms with Gasteiger partial charge in [-0.3, -0.25) is 9.67 Å². The minimum atomic E-state index is -0.567. The summed E-state index contributed by atoms with van der Waals surface area (Å²) in [6.07, 6.45) is 6.64. The number of nitriles is 1. The number of urea groups is 1. The number of aromatic nitrogens is 4. The first-order valence-corrected chi connectivity index (χ1v) is 10.7. The lowest BCUT2D eigenvalue weighted by atomic mass is 10.1. The number of hydrazone groups is 1. The second kappa shape index (κ2) is 8.55. The molecule has 1 fully saturated rings. The van der Waals surface area contributed by atoms with Crippen LogP contribution in [0.25, 0.3) is 11.4 Å². The van der Waals surface area contributed by atoms with E-state index in [9.17, 15) is 9.18 Å². The molecule has 1 saturated heterocycles. The molecule has 5 heterocycles. The summed E-state index contributed by atoms with van der Waals surface area (Å²) in [6, 6.07) is 6.06. The van der Waals surface area contributed by atoms with Gasteiger partial charge in [0.05, 0.1) is 42.3 Å². The maximum Gasteiger partial charge on any atom is 0.341 e. The van der Waals surface area contributed by atoms with Crippen LogP contribution in [0.2, 0.25) is 0 Å². The zero-order chi connectivity index (χ0) is 23.8. The number of pyridine rings is 2. The Morgan fingerprint density at radius 3 is 2.82 bits per heavy atom. The van der Waals surface area contributed by atoms with Gasteiger partial charge in [-0.15, -0.1) is 0 Å². The summed E-state index contributed by atoms with van der Waals surface area (Å²) < 4.78 is 21.8. The third kappa shape index (κ3) is 3.83. The number of halogens is 1. The van der Waals surface area contributed by atoms with E-state index in [0.29, 0.717) is 17.7 Å². The van der Waals surface area contributed by atoms with Crippen molar-refractivity contribution in [1.82, 2.24) is 29.7 Å². The van der Waals surface area contributed by atoms with Crippen LogP contribution in [-0.2, 0) is 7.05 Å². The largest absolute Gasteiger partial charge is 0.468 e. The average molecular weight is 460 g/mol. The van der Waals surface area contributed by atoms with Crippen molar-refractivity contribution in [2.75, 3.05) is 13.1 Å². The Kier molecular flexibility index (Phi) is 5.41. The predicted octanol–water partition coefficient (Wildman–Crippen LogP) is 2.81. The Morgan fingerprint density at radius 2 is 2.09 bits per heavy atom. The molecule has 0 aliphatic carbocycles. The highest BCUT2D eigenvalue weighted by Gasteiger charge is 2.39. The molecule has 0 N–H and O–H groups in total. The quantitative estimate of drug-likeness (QED) is 0.592. The highest BCUT2D eigenvalue weighted by atomic mass is 19.1. The van der Waals surface area contributed by atoms with Gasteiger partial charge in [0, 0.05) is 32.1 Å². The smallest absolute Gasteiger partial charge is 0.341 e. The van der Waals surface area contributed by atoms with Crippen molar-refractivity contribution in [1.29, 1.82) is 5.26 Å². The summed E-state index contributed by atoms with van der Waals surface area (Å²) in [5, 5.41) is 18.9. The molecule has 10 nitrogen and oxygen atoms in total. The lowest BCUT2D eigenvalue weighted by molar-refractivity contribution is 0.0231. The first-order valence-electron chi connectivity index (χ1n) is 10.7. The van der Waals surface area contributed by atoms with E-state index in [4.69, 9.17) is 10.00 Å². The third-order valence-electron chi connectivity index (χ3n) is 5.87. The summed E-state index contributed by atoms with van der Waals surface area (Å²) in [5.74, 6) is -0.672. The molecule has 1 atom stereocenters. The Hall–Kier alpha value is -4.33. The van der Waals surface area contributed by atoms with Gasteiger partial charge < -0.3 is 9.64 Å². The van der Waals surface area contributed by atoms with Crippen LogP contribution in [0.5, 0.6) is 5.88 Å². The van der Waals surface area contributed by atoms with Crippen LogP contribution in [0.4, 0.5) is 9.18 Å². The molecule has 0 unspecified atom stereocenters. The van der Waals surface area contributed by atoms with Crippen LogP contribution in [0.3, 0.4) is 0 Å². The van der Waals surface area contributed by atoms with Gasteiger partial charge in [0.25, 0.3) is 5.88 Å². The molecule has 172 valence electrons. The van der Waals surface area contributed by atoms with Gasteiger partial charge in [0.1, 0.15) is 12.2 Å². The number of rotatable bonds is 4. The molecule has 5 rings (SSSR count). The first-order chi connectivity index (χ1) is 16.4. The van der Waals surface area contributed by atoms with Gasteiger partial charge in [-0.1, -0.05) is 0 Å². The number of hydrogen-bond acceptors (Lipinski definition) is 7. The van der Waals surface area contributed by atoms with Crippen molar-refractivity contribution in [2.24, 2.45) is 12.1 Å². The molecule has 0 bridgehead atoms. The first kappa shape index (κ1) is 21.5. The van der Waals surface area contributed by atoms with E-state index in [-0.39, 0.29) is 37.1 Å². The molecule has 0 radical (unpaired) electrons. The molecular weight excluding hydrogens is 439 g/mol. The Bertz CT molecular complexity index is 1310. The second-order valence-electron chi connectivity index (χ2n) is 8.22. The molecule has 11 heteroatoms. The topological polar surface area (TPSA) is 113 Å². The lowest BCUT2D eigenvalue weighted by Gasteiger charge is -2.40. The van der Waals surface area contributed by atoms with Crippen LogP contribution in [0, 0.1) is 24.1 Å². The van der Waals surface area contributed by atoms with Crippen LogP contribution in [0.1, 0.15) is 29.2 Å². The molecular formula is C23H21FN8O2. The number of ether oxygens (including phenoxy) is 1. The summed E-state index contributed by atoms with van der Waals surface area (Å²) in [6.45, 7) is 2.47. The minimum absolute atomic E-state index is 0.105. The normalized spacial score (nSPS) is 17.5. The van der Waals surface area contributed by atoms with Crippen LogP contribution < -0.4 is 4.74 Å². The Labute approximate surface area is 194 Å². The fourth-order valence-corrected chi connectivity index (χ4v) is 4.10. The van der Waals surface area contributed by atoms with Crippen molar-refractivity contribution >= 4 is 12.2 Å². The molecule has 2 aliphatic heterocycles. The van der Waals surface area contributed by atoms with Crippen molar-refractivity contribution in [2.45, 2.75) is 25.5 Å². The van der Waals surface area contributed by atoms with Crippen LogP contribution in [0.15, 0.2) is 41.9 Å². The lowest BCUT2D eigenvalue weighted by Crippen LogP contribution is -2.59. The summed E-state index contributed by atoms with van der Waals surface area (Å²) in [4.78, 5) is 23.0. The monoisotopic (exact) mass is 460 g/mol. The number of hydrogen-bond donors (Lipinski definition) is 0. The van der Waals surface area contributed by atoms with Gasteiger partial charge >= 0.3 is 6.03 Å². The van der Waals surface area contributed by atoms with E-state index in [2.05, 4.69) is 26.2 Å². The number of nitrogens with zero attached hydrogens (tertiary/aromatic N) is 8. The van der Waals surface area contributed by atoms with E-state index < -0.39 is 5.82 Å². The summed E-state index contributed by atoms with van der Waals surface area (Å²) in [7, 11) is 1.80. The van der Waals surface area contributed by atoms with Gasteiger partial charge in [-0.25, -0.2) is 19.2 Å². The average Bonchev–Trinajstić information content (AvgIpc) is 3.43. The summed E-state index contributed by atoms with van der Waals surface area (Å²) >= 11 is 0. The van der Waals surface area contributed by atoms with Crippen molar-refractivity contribution < 1.29 is 13.9 Å². The number of amides is 2. The van der Waals surface area contributed by atoms with Crippen molar-refractivity contribution in [3.8, 4) is 23.3 Å². The molecule has 3 aromatic rings. The second-order valence-corrected chi connectivity index (χ2v) is 8.22. The molecule has 34 heavy (non-hydrogen) atoms. The number of aryl methyl sites for hydroxylation is 2. The Morgan fingerprint density at radius 1 is 1.26 bits per heavy atom. The highest BCUT2D eigenvalue weighted by molar-refractivity contribution is 5.79. The highest BCUT2D eigenvalue weighted by Crippen LogP contribution is 2.31. The zero-order valence-electron chi connectivity index (χ0n) is 18.6. The fourth-order valence-electron chi connectivity index (χ4n) is 4.10.